The van der Waals surface area contributed by atoms with E-state index in [2.05, 4.69) is 10.2 Å². The lowest BCUT2D eigenvalue weighted by Gasteiger charge is -2.28. The van der Waals surface area contributed by atoms with E-state index in [1.165, 1.54) is 0 Å². The second kappa shape index (κ2) is 10.9. The van der Waals surface area contributed by atoms with Crippen molar-refractivity contribution < 1.29 is 19.0 Å². The number of rotatable bonds is 9. The highest BCUT2D eigenvalue weighted by Gasteiger charge is 2.17. The van der Waals surface area contributed by atoms with E-state index in [1.807, 2.05) is 30.0 Å². The Morgan fingerprint density at radius 1 is 1.27 bits per heavy atom. The molecule has 7 heteroatoms. The SMILES string of the molecule is CCNC(=O)N(CCCN1CCOCC1)Cc1ccc(OC)cc1OC. The largest absolute Gasteiger partial charge is 0.497 e. The molecule has 0 aliphatic carbocycles. The molecule has 0 atom stereocenters. The van der Waals surface area contributed by atoms with Gasteiger partial charge in [0.25, 0.3) is 0 Å². The van der Waals surface area contributed by atoms with Crippen LogP contribution < -0.4 is 14.8 Å². The average Bonchev–Trinajstić information content (AvgIpc) is 2.68. The first-order chi connectivity index (χ1) is 12.7. The highest BCUT2D eigenvalue weighted by molar-refractivity contribution is 5.74. The van der Waals surface area contributed by atoms with Crippen molar-refractivity contribution in [3.05, 3.63) is 23.8 Å². The van der Waals surface area contributed by atoms with Gasteiger partial charge in [0, 0.05) is 44.4 Å². The van der Waals surface area contributed by atoms with Crippen molar-refractivity contribution in [2.24, 2.45) is 0 Å². The summed E-state index contributed by atoms with van der Waals surface area (Å²) >= 11 is 0. The zero-order chi connectivity index (χ0) is 18.8. The van der Waals surface area contributed by atoms with Gasteiger partial charge in [-0.25, -0.2) is 4.79 Å². The number of carbonyl (C=O) groups excluding carboxylic acids is 1. The summed E-state index contributed by atoms with van der Waals surface area (Å²) in [4.78, 5) is 16.7. The highest BCUT2D eigenvalue weighted by Crippen LogP contribution is 2.25. The van der Waals surface area contributed by atoms with Crippen molar-refractivity contribution in [3.8, 4) is 11.5 Å². The van der Waals surface area contributed by atoms with Crippen LogP contribution in [-0.4, -0.2) is 76.0 Å². The minimum atomic E-state index is -0.0488. The van der Waals surface area contributed by atoms with Gasteiger partial charge in [0.15, 0.2) is 0 Å². The van der Waals surface area contributed by atoms with Gasteiger partial charge in [-0.15, -0.1) is 0 Å². The Morgan fingerprint density at radius 3 is 2.69 bits per heavy atom. The van der Waals surface area contributed by atoms with Crippen LogP contribution in [-0.2, 0) is 11.3 Å². The molecule has 2 amide bonds. The van der Waals surface area contributed by atoms with Crippen molar-refractivity contribution >= 4 is 6.03 Å². The zero-order valence-electron chi connectivity index (χ0n) is 16.1. The van der Waals surface area contributed by atoms with Gasteiger partial charge in [0.2, 0.25) is 0 Å². The number of amides is 2. The summed E-state index contributed by atoms with van der Waals surface area (Å²) in [5.41, 5.74) is 0.964. The molecular formula is C19H31N3O4. The minimum Gasteiger partial charge on any atom is -0.497 e. The maximum absolute atomic E-state index is 12.5. The normalized spacial score (nSPS) is 14.7. The molecule has 1 aliphatic heterocycles. The van der Waals surface area contributed by atoms with Gasteiger partial charge < -0.3 is 24.4 Å². The third-order valence-electron chi connectivity index (χ3n) is 4.48. The standard InChI is InChI=1S/C19H31N3O4/c1-4-20-19(23)22(9-5-8-21-10-12-26-13-11-21)15-16-6-7-17(24-2)14-18(16)25-3/h6-7,14H,4-5,8-13,15H2,1-3H3,(H,20,23). The fourth-order valence-electron chi connectivity index (χ4n) is 3.01. The van der Waals surface area contributed by atoms with Crippen molar-refractivity contribution in [1.82, 2.24) is 15.1 Å². The van der Waals surface area contributed by atoms with E-state index in [0.29, 0.717) is 19.6 Å². The van der Waals surface area contributed by atoms with Crippen molar-refractivity contribution in [2.75, 3.05) is 60.2 Å². The minimum absolute atomic E-state index is 0.0488. The van der Waals surface area contributed by atoms with Crippen LogP contribution in [0.25, 0.3) is 0 Å². The molecule has 0 bridgehead atoms. The number of urea groups is 1. The predicted molar refractivity (Wildman–Crippen MR) is 101 cm³/mol. The second-order valence-corrected chi connectivity index (χ2v) is 6.24. The first kappa shape index (κ1) is 20.3. The molecule has 0 unspecified atom stereocenters. The fourth-order valence-corrected chi connectivity index (χ4v) is 3.01. The number of morpholine rings is 1. The molecule has 0 saturated carbocycles. The smallest absolute Gasteiger partial charge is 0.317 e. The number of carbonyl (C=O) groups is 1. The average molecular weight is 365 g/mol. The summed E-state index contributed by atoms with van der Waals surface area (Å²) in [7, 11) is 3.26. The van der Waals surface area contributed by atoms with E-state index in [4.69, 9.17) is 14.2 Å². The second-order valence-electron chi connectivity index (χ2n) is 6.24. The van der Waals surface area contributed by atoms with Crippen LogP contribution in [0.3, 0.4) is 0 Å². The van der Waals surface area contributed by atoms with Crippen molar-refractivity contribution in [1.29, 1.82) is 0 Å². The number of hydrogen-bond acceptors (Lipinski definition) is 5. The highest BCUT2D eigenvalue weighted by atomic mass is 16.5. The molecule has 1 aromatic carbocycles. The molecule has 0 aromatic heterocycles. The summed E-state index contributed by atoms with van der Waals surface area (Å²) in [6.45, 7) is 8.23. The van der Waals surface area contributed by atoms with Gasteiger partial charge in [0.05, 0.1) is 34.0 Å². The molecule has 1 aliphatic rings. The molecule has 1 saturated heterocycles. The zero-order valence-corrected chi connectivity index (χ0v) is 16.1. The van der Waals surface area contributed by atoms with Gasteiger partial charge in [-0.2, -0.15) is 0 Å². The molecule has 7 nitrogen and oxygen atoms in total. The first-order valence-electron chi connectivity index (χ1n) is 9.21. The molecule has 0 radical (unpaired) electrons. The van der Waals surface area contributed by atoms with Gasteiger partial charge in [0.1, 0.15) is 11.5 Å². The maximum Gasteiger partial charge on any atom is 0.317 e. The van der Waals surface area contributed by atoms with Crippen LogP contribution in [0.1, 0.15) is 18.9 Å². The molecule has 26 heavy (non-hydrogen) atoms. The van der Waals surface area contributed by atoms with E-state index in [1.54, 1.807) is 14.2 Å². The van der Waals surface area contributed by atoms with Crippen LogP contribution >= 0.6 is 0 Å². The van der Waals surface area contributed by atoms with Crippen LogP contribution in [0.5, 0.6) is 11.5 Å². The number of benzene rings is 1. The van der Waals surface area contributed by atoms with Gasteiger partial charge >= 0.3 is 6.03 Å². The van der Waals surface area contributed by atoms with Crippen LogP contribution in [0.2, 0.25) is 0 Å². The van der Waals surface area contributed by atoms with Crippen molar-refractivity contribution in [2.45, 2.75) is 19.9 Å². The maximum atomic E-state index is 12.5. The number of methoxy groups -OCH3 is 2. The third kappa shape index (κ3) is 6.07. The van der Waals surface area contributed by atoms with Crippen LogP contribution in [0, 0.1) is 0 Å². The fraction of sp³-hybridized carbons (Fsp3) is 0.632. The van der Waals surface area contributed by atoms with E-state index in [9.17, 15) is 4.79 Å². The lowest BCUT2D eigenvalue weighted by molar-refractivity contribution is 0.0364. The topological polar surface area (TPSA) is 63.3 Å². The monoisotopic (exact) mass is 365 g/mol. The molecule has 2 rings (SSSR count). The molecule has 0 spiro atoms. The summed E-state index contributed by atoms with van der Waals surface area (Å²) in [6.07, 6.45) is 0.926. The quantitative estimate of drug-likeness (QED) is 0.725. The lowest BCUT2D eigenvalue weighted by Crippen LogP contribution is -2.42. The molecule has 1 fully saturated rings. The third-order valence-corrected chi connectivity index (χ3v) is 4.48. The Kier molecular flexibility index (Phi) is 8.50. The van der Waals surface area contributed by atoms with E-state index in [0.717, 1.165) is 56.3 Å². The number of ether oxygens (including phenoxy) is 3. The summed E-state index contributed by atoms with van der Waals surface area (Å²) in [5, 5.41) is 2.90. The van der Waals surface area contributed by atoms with Crippen LogP contribution in [0.15, 0.2) is 18.2 Å². The first-order valence-corrected chi connectivity index (χ1v) is 9.21. The van der Waals surface area contributed by atoms with Crippen molar-refractivity contribution in [3.63, 3.8) is 0 Å². The number of hydrogen-bond donors (Lipinski definition) is 1. The Balaban J connectivity index is 1.98. The summed E-state index contributed by atoms with van der Waals surface area (Å²) in [6, 6.07) is 5.64. The number of nitrogens with one attached hydrogen (secondary N) is 1. The van der Waals surface area contributed by atoms with E-state index in [-0.39, 0.29) is 6.03 Å². The Labute approximate surface area is 156 Å². The Morgan fingerprint density at radius 2 is 2.04 bits per heavy atom. The Hall–Kier alpha value is -1.99. The van der Waals surface area contributed by atoms with Crippen LogP contribution in [0.4, 0.5) is 4.79 Å². The summed E-state index contributed by atoms with van der Waals surface area (Å²) in [5.74, 6) is 1.47. The predicted octanol–water partition coefficient (Wildman–Crippen LogP) is 1.96. The molecule has 1 aromatic rings. The number of nitrogens with zero attached hydrogens (tertiary/aromatic N) is 2. The van der Waals surface area contributed by atoms with E-state index < -0.39 is 0 Å². The van der Waals surface area contributed by atoms with E-state index >= 15 is 0 Å². The molecule has 1 N–H and O–H groups in total. The lowest BCUT2D eigenvalue weighted by atomic mass is 10.1. The van der Waals surface area contributed by atoms with Gasteiger partial charge in [-0.1, -0.05) is 0 Å². The summed E-state index contributed by atoms with van der Waals surface area (Å²) < 4.78 is 16.1. The molecular weight excluding hydrogens is 334 g/mol. The van der Waals surface area contributed by atoms with Gasteiger partial charge in [-0.3, -0.25) is 4.90 Å². The molecule has 1 heterocycles. The Bertz CT molecular complexity index is 562. The van der Waals surface area contributed by atoms with Gasteiger partial charge in [-0.05, 0) is 25.5 Å². The molecule has 146 valence electrons.